The van der Waals surface area contributed by atoms with E-state index < -0.39 is 24.9 Å². The molecule has 0 bridgehead atoms. The van der Waals surface area contributed by atoms with Crippen LogP contribution < -0.4 is 5.11 Å². The van der Waals surface area contributed by atoms with E-state index in [1.54, 1.807) is 6.07 Å². The van der Waals surface area contributed by atoms with Gasteiger partial charge >= 0.3 is 6.18 Å². The van der Waals surface area contributed by atoms with Gasteiger partial charge in [-0.1, -0.05) is 30.3 Å². The summed E-state index contributed by atoms with van der Waals surface area (Å²) in [6, 6.07) is 6.81. The van der Waals surface area contributed by atoms with Gasteiger partial charge in [0.15, 0.2) is 6.10 Å². The molecular formula is C10H8F3O3-. The normalized spacial score (nSPS) is 13.4. The number of hydrogen-bond donors (Lipinski definition) is 0. The number of halogens is 3. The third-order valence-corrected chi connectivity index (χ3v) is 1.77. The van der Waals surface area contributed by atoms with Crippen molar-refractivity contribution in [3.63, 3.8) is 0 Å². The number of carboxylic acids is 1. The average molecular weight is 233 g/mol. The highest BCUT2D eigenvalue weighted by Crippen LogP contribution is 2.35. The van der Waals surface area contributed by atoms with Crippen molar-refractivity contribution in [3.8, 4) is 0 Å². The lowest BCUT2D eigenvalue weighted by molar-refractivity contribution is -0.315. The zero-order valence-electron chi connectivity index (χ0n) is 8.03. The molecule has 1 aromatic carbocycles. The number of carbonyl (C=O) groups excluding carboxylic acids is 1. The van der Waals surface area contributed by atoms with Crippen molar-refractivity contribution < 1.29 is 27.8 Å². The molecule has 0 saturated carbocycles. The molecule has 0 amide bonds. The van der Waals surface area contributed by atoms with Crippen molar-refractivity contribution in [1.29, 1.82) is 0 Å². The van der Waals surface area contributed by atoms with Crippen LogP contribution in [0.5, 0.6) is 0 Å². The molecule has 1 rings (SSSR count). The lowest BCUT2D eigenvalue weighted by atomic mass is 10.1. The van der Waals surface area contributed by atoms with Crippen molar-refractivity contribution in [2.75, 3.05) is 6.61 Å². The highest BCUT2D eigenvalue weighted by atomic mass is 19.4. The van der Waals surface area contributed by atoms with Crippen LogP contribution in [0.1, 0.15) is 11.7 Å². The first-order valence-corrected chi connectivity index (χ1v) is 4.34. The molecule has 1 aromatic rings. The number of carbonyl (C=O) groups is 1. The van der Waals surface area contributed by atoms with Gasteiger partial charge in [0, 0.05) is 0 Å². The van der Waals surface area contributed by atoms with Gasteiger partial charge in [0.25, 0.3) is 0 Å². The average Bonchev–Trinajstić information content (AvgIpc) is 2.17. The summed E-state index contributed by atoms with van der Waals surface area (Å²) >= 11 is 0. The van der Waals surface area contributed by atoms with E-state index in [4.69, 9.17) is 0 Å². The predicted octanol–water partition coefficient (Wildman–Crippen LogP) is 1.06. The second-order valence-corrected chi connectivity index (χ2v) is 3.02. The van der Waals surface area contributed by atoms with E-state index in [1.165, 1.54) is 24.3 Å². The molecule has 0 aromatic heterocycles. The third kappa shape index (κ3) is 3.54. The zero-order valence-corrected chi connectivity index (χ0v) is 8.03. The molecule has 0 unspecified atom stereocenters. The maximum absolute atomic E-state index is 12.5. The van der Waals surface area contributed by atoms with E-state index >= 15 is 0 Å². The third-order valence-electron chi connectivity index (χ3n) is 1.77. The Morgan fingerprint density at radius 1 is 1.31 bits per heavy atom. The molecule has 0 fully saturated rings. The molecule has 3 nitrogen and oxygen atoms in total. The summed E-state index contributed by atoms with van der Waals surface area (Å²) in [5.41, 5.74) is -0.142. The van der Waals surface area contributed by atoms with Crippen molar-refractivity contribution in [2.24, 2.45) is 0 Å². The minimum absolute atomic E-state index is 0.142. The molecule has 0 saturated heterocycles. The topological polar surface area (TPSA) is 49.4 Å². The summed E-state index contributed by atoms with van der Waals surface area (Å²) in [4.78, 5) is 10.1. The van der Waals surface area contributed by atoms with Crippen LogP contribution in [0.25, 0.3) is 0 Å². The first-order chi connectivity index (χ1) is 7.41. The van der Waals surface area contributed by atoms with Gasteiger partial charge in [-0.3, -0.25) is 0 Å². The molecule has 0 radical (unpaired) electrons. The van der Waals surface area contributed by atoms with E-state index in [2.05, 4.69) is 4.74 Å². The molecule has 0 aliphatic rings. The number of ether oxygens (including phenoxy) is 1. The summed E-state index contributed by atoms with van der Waals surface area (Å²) in [6.45, 7) is -1.10. The van der Waals surface area contributed by atoms with Gasteiger partial charge in [-0.05, 0) is 5.56 Å². The SMILES string of the molecule is O=C([O-])CO[C@H](c1ccccc1)C(F)(F)F. The summed E-state index contributed by atoms with van der Waals surface area (Å²) in [5.74, 6) is -1.69. The Morgan fingerprint density at radius 2 is 1.88 bits per heavy atom. The Kier molecular flexibility index (Phi) is 3.89. The molecule has 0 spiro atoms. The zero-order chi connectivity index (χ0) is 12.2. The molecule has 0 aliphatic carbocycles. The monoisotopic (exact) mass is 233 g/mol. The lowest BCUT2D eigenvalue weighted by Crippen LogP contribution is -2.32. The minimum Gasteiger partial charge on any atom is -0.548 e. The van der Waals surface area contributed by atoms with Crippen LogP contribution in [-0.4, -0.2) is 18.8 Å². The fourth-order valence-electron chi connectivity index (χ4n) is 1.16. The quantitative estimate of drug-likeness (QED) is 0.781. The van der Waals surface area contributed by atoms with Crippen LogP contribution in [-0.2, 0) is 9.53 Å². The smallest absolute Gasteiger partial charge is 0.418 e. The van der Waals surface area contributed by atoms with E-state index in [0.29, 0.717) is 0 Å². The fraction of sp³-hybridized carbons (Fsp3) is 0.300. The van der Waals surface area contributed by atoms with Gasteiger partial charge in [-0.15, -0.1) is 0 Å². The fourth-order valence-corrected chi connectivity index (χ4v) is 1.16. The first kappa shape index (κ1) is 12.5. The summed E-state index contributed by atoms with van der Waals surface area (Å²) in [7, 11) is 0. The Balaban J connectivity index is 2.84. The van der Waals surface area contributed by atoms with Crippen LogP contribution >= 0.6 is 0 Å². The maximum atomic E-state index is 12.5. The van der Waals surface area contributed by atoms with E-state index in [9.17, 15) is 23.1 Å². The Morgan fingerprint density at radius 3 is 2.31 bits per heavy atom. The summed E-state index contributed by atoms with van der Waals surface area (Å²) in [6.07, 6.45) is -6.90. The van der Waals surface area contributed by atoms with Gasteiger partial charge in [0.05, 0.1) is 12.6 Å². The van der Waals surface area contributed by atoms with Crippen LogP contribution in [0.15, 0.2) is 30.3 Å². The van der Waals surface area contributed by atoms with Gasteiger partial charge in [-0.2, -0.15) is 13.2 Å². The van der Waals surface area contributed by atoms with E-state index in [-0.39, 0.29) is 5.56 Å². The molecule has 1 atom stereocenters. The van der Waals surface area contributed by atoms with Gasteiger partial charge in [0.1, 0.15) is 0 Å². The Bertz CT molecular complexity index is 348. The van der Waals surface area contributed by atoms with Gasteiger partial charge in [-0.25, -0.2) is 0 Å². The molecule has 0 aliphatic heterocycles. The molecular weight excluding hydrogens is 225 g/mol. The van der Waals surface area contributed by atoms with E-state index in [0.717, 1.165) is 0 Å². The second-order valence-electron chi connectivity index (χ2n) is 3.02. The summed E-state index contributed by atoms with van der Waals surface area (Å²) in [5, 5.41) is 10.1. The van der Waals surface area contributed by atoms with Crippen molar-refractivity contribution in [2.45, 2.75) is 12.3 Å². The highest BCUT2D eigenvalue weighted by Gasteiger charge is 2.41. The molecule has 6 heteroatoms. The van der Waals surface area contributed by atoms with Crippen LogP contribution in [0.3, 0.4) is 0 Å². The van der Waals surface area contributed by atoms with Crippen LogP contribution in [0.2, 0.25) is 0 Å². The number of aliphatic carboxylic acids is 1. The largest absolute Gasteiger partial charge is 0.548 e. The minimum atomic E-state index is -4.66. The van der Waals surface area contributed by atoms with Crippen LogP contribution in [0, 0.1) is 0 Å². The lowest BCUT2D eigenvalue weighted by Gasteiger charge is -2.21. The summed E-state index contributed by atoms with van der Waals surface area (Å²) < 4.78 is 41.8. The predicted molar refractivity (Wildman–Crippen MR) is 46.2 cm³/mol. The number of alkyl halides is 3. The molecule has 0 heterocycles. The van der Waals surface area contributed by atoms with E-state index in [1.807, 2.05) is 0 Å². The Labute approximate surface area is 89.5 Å². The number of carboxylic acid groups (broad SMARTS) is 1. The van der Waals surface area contributed by atoms with Crippen molar-refractivity contribution in [3.05, 3.63) is 35.9 Å². The maximum Gasteiger partial charge on any atom is 0.418 e. The Hall–Kier alpha value is -1.56. The standard InChI is InChI=1S/C10H9F3O3/c11-10(12,13)9(16-6-8(14)15)7-4-2-1-3-5-7/h1-5,9H,6H2,(H,14,15)/p-1/t9-/m1/s1. The van der Waals surface area contributed by atoms with Crippen molar-refractivity contribution in [1.82, 2.24) is 0 Å². The molecule has 16 heavy (non-hydrogen) atoms. The van der Waals surface area contributed by atoms with Gasteiger partial charge in [0.2, 0.25) is 0 Å². The molecule has 0 N–H and O–H groups in total. The second kappa shape index (κ2) is 4.98. The van der Waals surface area contributed by atoms with Crippen LogP contribution in [0.4, 0.5) is 13.2 Å². The van der Waals surface area contributed by atoms with Gasteiger partial charge < -0.3 is 14.6 Å². The number of rotatable bonds is 4. The first-order valence-electron chi connectivity index (χ1n) is 4.34. The molecule has 88 valence electrons. The number of benzene rings is 1. The number of hydrogen-bond acceptors (Lipinski definition) is 3. The van der Waals surface area contributed by atoms with Crippen molar-refractivity contribution >= 4 is 5.97 Å². The highest BCUT2D eigenvalue weighted by molar-refractivity contribution is 5.65.